The molecule has 0 aromatic heterocycles. The summed E-state index contributed by atoms with van der Waals surface area (Å²) in [5.41, 5.74) is -3.30. The molecule has 0 amide bonds. The summed E-state index contributed by atoms with van der Waals surface area (Å²) < 4.78 is 212. The second-order valence-electron chi connectivity index (χ2n) is 10.3. The Hall–Kier alpha value is -5.92. The molecule has 0 saturated carbocycles. The van der Waals surface area contributed by atoms with Gasteiger partial charge < -0.3 is 4.74 Å². The molecule has 208 valence electrons. The lowest BCUT2D eigenvalue weighted by Gasteiger charge is -2.22. The second kappa shape index (κ2) is 9.29. The molecule has 9 aromatic carbocycles. The van der Waals surface area contributed by atoms with Crippen LogP contribution in [0, 0.1) is 0 Å². The Labute approximate surface area is 293 Å². The lowest BCUT2D eigenvalue weighted by Crippen LogP contribution is -1.97. The molecule has 1 nitrogen and oxygen atoms in total. The van der Waals surface area contributed by atoms with Crippen LogP contribution in [0.3, 0.4) is 0 Å². The van der Waals surface area contributed by atoms with E-state index < -0.39 is 178 Å². The van der Waals surface area contributed by atoms with Crippen molar-refractivity contribution in [3.8, 4) is 56.0 Å². The van der Waals surface area contributed by atoms with Crippen molar-refractivity contribution in [3.63, 3.8) is 0 Å². The van der Waals surface area contributed by atoms with E-state index in [-0.39, 0.29) is 60.5 Å². The van der Waals surface area contributed by atoms with Gasteiger partial charge in [-0.1, -0.05) is 121 Å². The van der Waals surface area contributed by atoms with Gasteiger partial charge >= 0.3 is 0 Å². The maximum Gasteiger partial charge on any atom is 0.135 e. The van der Waals surface area contributed by atoms with Crippen LogP contribution in [0.25, 0.3) is 87.6 Å². The zero-order valence-corrected chi connectivity index (χ0v) is 22.6. The number of benzene rings is 9. The predicted molar refractivity (Wildman–Crippen MR) is 189 cm³/mol. The Morgan fingerprint density at radius 1 is 0.378 bits per heavy atom. The summed E-state index contributed by atoms with van der Waals surface area (Å²) >= 11 is 0. The van der Waals surface area contributed by atoms with Crippen molar-refractivity contribution in [2.45, 2.75) is 0 Å². The molecule has 1 heterocycles. The van der Waals surface area contributed by atoms with Gasteiger partial charge in [-0.2, -0.15) is 0 Å². The van der Waals surface area contributed by atoms with Gasteiger partial charge in [-0.15, -0.1) is 0 Å². The second-order valence-corrected chi connectivity index (χ2v) is 10.3. The topological polar surface area (TPSA) is 9.23 Å². The first-order chi connectivity index (χ1) is 31.9. The van der Waals surface area contributed by atoms with Crippen molar-refractivity contribution in [1.82, 2.24) is 0 Å². The summed E-state index contributed by atoms with van der Waals surface area (Å²) in [5, 5.41) is -2.47. The molecule has 1 heteroatoms. The smallest absolute Gasteiger partial charge is 0.135 e. The van der Waals surface area contributed by atoms with Crippen LogP contribution >= 0.6 is 0 Å². The number of ether oxygens (including phenoxy) is 1. The fraction of sp³-hybridized carbons (Fsp3) is 0. The summed E-state index contributed by atoms with van der Waals surface area (Å²) in [6, 6.07) is -12.8. The van der Waals surface area contributed by atoms with Crippen LogP contribution in [0.15, 0.2) is 157 Å². The maximum atomic E-state index is 9.91. The van der Waals surface area contributed by atoms with Gasteiger partial charge in [0, 0.05) is 10.9 Å². The molecule has 0 radical (unpaired) electrons. The van der Waals surface area contributed by atoms with E-state index in [0.29, 0.717) is 0 Å². The zero-order valence-electron chi connectivity index (χ0n) is 45.6. The number of rotatable bonds is 3. The lowest BCUT2D eigenvalue weighted by atomic mass is 9.87. The van der Waals surface area contributed by atoms with Gasteiger partial charge in [0.1, 0.15) is 11.5 Å². The fourth-order valence-corrected chi connectivity index (χ4v) is 5.79. The van der Waals surface area contributed by atoms with E-state index >= 15 is 0 Å². The van der Waals surface area contributed by atoms with Crippen LogP contribution in [-0.4, -0.2) is 0 Å². The average molecular weight is 594 g/mol. The number of hydrogen-bond donors (Lipinski definition) is 0. The quantitative estimate of drug-likeness (QED) is 0.185. The predicted octanol–water partition coefficient (Wildman–Crippen LogP) is 12.5. The minimum absolute atomic E-state index is 0.0142. The highest BCUT2D eigenvalue weighted by molar-refractivity contribution is 6.25. The number of fused-ring (bicyclic) bond motifs is 2. The van der Waals surface area contributed by atoms with Crippen molar-refractivity contribution in [1.29, 1.82) is 0 Å². The third-order valence-electron chi connectivity index (χ3n) is 7.78. The van der Waals surface area contributed by atoms with Gasteiger partial charge in [0.05, 0.1) is 31.5 Å². The normalized spacial score (nSPS) is 19.3. The van der Waals surface area contributed by atoms with Gasteiger partial charge in [-0.3, -0.25) is 0 Å². The summed E-state index contributed by atoms with van der Waals surface area (Å²) in [5.74, 6) is -0.324. The fourth-order valence-electron chi connectivity index (χ4n) is 5.79. The molecule has 1 aliphatic heterocycles. The van der Waals surface area contributed by atoms with Crippen molar-refractivity contribution >= 4 is 43.1 Å². The standard InChI is InChI=1S/C44H26O/c1-2-7-27(8-3-1)33-23-34(32-19-22-40-39(26-32)37-13-5-11-28-12-6-14-41(45-40)43(28)37)25-35(24-33)36-20-17-31-16-15-29-9-4-10-30-18-21-38(36)44(31)42(29)30/h1-26H/i1D,2D,3D,4D,5D,6D,7D,8D,9D,10D,11D,12D,13D,14D,15D,16D,17D,18D,20D,21D,23D,24D,25D. The molecule has 0 spiro atoms. The highest BCUT2D eigenvalue weighted by Gasteiger charge is 2.21. The minimum Gasteiger partial charge on any atom is -0.456 e. The van der Waals surface area contributed by atoms with Crippen molar-refractivity contribution in [2.75, 3.05) is 0 Å². The van der Waals surface area contributed by atoms with Crippen LogP contribution in [0.2, 0.25) is 0 Å². The van der Waals surface area contributed by atoms with E-state index in [9.17, 15) is 8.22 Å². The molecule has 0 fully saturated rings. The first-order valence-electron chi connectivity index (χ1n) is 25.1. The Kier molecular flexibility index (Phi) is 2.32. The summed E-state index contributed by atoms with van der Waals surface area (Å²) in [7, 11) is 0. The van der Waals surface area contributed by atoms with Crippen LogP contribution < -0.4 is 4.74 Å². The largest absolute Gasteiger partial charge is 0.456 e. The Bertz CT molecular complexity index is 3860. The molecular formula is C44H26O. The third kappa shape index (κ3) is 3.68. The van der Waals surface area contributed by atoms with Crippen LogP contribution in [0.5, 0.6) is 11.5 Å². The van der Waals surface area contributed by atoms with Crippen LogP contribution in [0.4, 0.5) is 0 Å². The molecule has 10 rings (SSSR count). The van der Waals surface area contributed by atoms with E-state index in [1.807, 2.05) is 0 Å². The third-order valence-corrected chi connectivity index (χ3v) is 7.78. The monoisotopic (exact) mass is 593 g/mol. The summed E-state index contributed by atoms with van der Waals surface area (Å²) in [6.07, 6.45) is 0. The van der Waals surface area contributed by atoms with Crippen molar-refractivity contribution in [2.24, 2.45) is 0 Å². The molecular weight excluding hydrogens is 544 g/mol. The van der Waals surface area contributed by atoms with Gasteiger partial charge in [-0.05, 0) is 113 Å². The van der Waals surface area contributed by atoms with Crippen molar-refractivity contribution < 1.29 is 36.3 Å². The van der Waals surface area contributed by atoms with Gasteiger partial charge in [0.2, 0.25) is 0 Å². The van der Waals surface area contributed by atoms with Gasteiger partial charge in [0.25, 0.3) is 0 Å². The molecule has 0 atom stereocenters. The number of hydrogen-bond acceptors (Lipinski definition) is 1. The van der Waals surface area contributed by atoms with E-state index in [4.69, 9.17) is 28.0 Å². The SMILES string of the molecule is [2H]c1c([2H])c([2H])c(-c2c([2H])c(-c3ccc4c(c3)-c3c([2H])c([2H])c([2H])c5c([2H])c([2H])c([2H])c(c35)O4)c([2H])c(-c3c([2H])c([2H])c4c([2H])c([2H])c5c([2H])c([2H])c([2H])c6c([2H])c([2H])c3c4c56)c2[2H])c([2H])c1[2H]. The highest BCUT2D eigenvalue weighted by Crippen LogP contribution is 2.48. The van der Waals surface area contributed by atoms with E-state index in [2.05, 4.69) is 0 Å². The lowest BCUT2D eigenvalue weighted by molar-refractivity contribution is 0.487. The molecule has 0 bridgehead atoms. The molecule has 0 saturated heterocycles. The maximum absolute atomic E-state index is 9.91. The molecule has 0 unspecified atom stereocenters. The van der Waals surface area contributed by atoms with Crippen LogP contribution in [-0.2, 0) is 0 Å². The Morgan fingerprint density at radius 3 is 1.84 bits per heavy atom. The molecule has 0 aliphatic carbocycles. The molecule has 9 aromatic rings. The van der Waals surface area contributed by atoms with E-state index in [1.54, 1.807) is 0 Å². The summed E-state index contributed by atoms with van der Waals surface area (Å²) in [4.78, 5) is 0. The van der Waals surface area contributed by atoms with Crippen LogP contribution in [0.1, 0.15) is 31.5 Å². The van der Waals surface area contributed by atoms with Crippen molar-refractivity contribution in [3.05, 3.63) is 157 Å². The Morgan fingerprint density at radius 2 is 1.02 bits per heavy atom. The minimum atomic E-state index is -0.897. The zero-order chi connectivity index (χ0) is 49.5. The molecule has 1 aliphatic rings. The molecule has 0 N–H and O–H groups in total. The Balaban J connectivity index is 1.42. The first kappa shape index (κ1) is 11.2. The molecule has 45 heavy (non-hydrogen) atoms. The first-order valence-corrected chi connectivity index (χ1v) is 13.6. The van der Waals surface area contributed by atoms with Gasteiger partial charge in [-0.25, -0.2) is 0 Å². The van der Waals surface area contributed by atoms with Gasteiger partial charge in [0.15, 0.2) is 0 Å². The van der Waals surface area contributed by atoms with E-state index in [0.717, 1.165) is 0 Å². The summed E-state index contributed by atoms with van der Waals surface area (Å²) in [6.45, 7) is 0. The van der Waals surface area contributed by atoms with E-state index in [1.165, 1.54) is 18.2 Å². The highest BCUT2D eigenvalue weighted by atomic mass is 16.5. The average Bonchev–Trinajstić information content (AvgIpc) is 3.30.